The van der Waals surface area contributed by atoms with Crippen molar-refractivity contribution >= 4 is 11.4 Å². The van der Waals surface area contributed by atoms with Crippen LogP contribution in [0, 0.1) is 5.92 Å². The number of benzene rings is 1. The first-order valence-electron chi connectivity index (χ1n) is 6.06. The van der Waals surface area contributed by atoms with Crippen molar-refractivity contribution in [2.45, 2.75) is 26.2 Å². The Bertz CT molecular complexity index is 348. The zero-order valence-corrected chi connectivity index (χ0v) is 9.83. The van der Waals surface area contributed by atoms with Crippen molar-refractivity contribution in [3.63, 3.8) is 0 Å². The average molecular weight is 220 g/mol. The molecular weight excluding hydrogens is 200 g/mol. The largest absolute Gasteiger partial charge is 0.492 e. The summed E-state index contributed by atoms with van der Waals surface area (Å²) in [4.78, 5) is 0. The van der Waals surface area contributed by atoms with Gasteiger partial charge in [0, 0.05) is 6.54 Å². The van der Waals surface area contributed by atoms with Crippen LogP contribution in [0.25, 0.3) is 0 Å². The molecule has 1 saturated carbocycles. The van der Waals surface area contributed by atoms with Crippen LogP contribution in [-0.4, -0.2) is 13.2 Å². The Morgan fingerprint density at radius 3 is 2.88 bits per heavy atom. The van der Waals surface area contributed by atoms with E-state index in [1.807, 2.05) is 25.1 Å². The Hall–Kier alpha value is -1.38. The predicted octanol–water partition coefficient (Wildman–Crippen LogP) is 2.88. The lowest BCUT2D eigenvalue weighted by Crippen LogP contribution is -2.21. The first-order valence-corrected chi connectivity index (χ1v) is 6.06. The van der Waals surface area contributed by atoms with Crippen LogP contribution in [0.1, 0.15) is 26.2 Å². The monoisotopic (exact) mass is 220 g/mol. The van der Waals surface area contributed by atoms with Crippen LogP contribution in [-0.2, 0) is 0 Å². The second-order valence-electron chi connectivity index (χ2n) is 4.33. The molecule has 0 bridgehead atoms. The van der Waals surface area contributed by atoms with E-state index in [0.717, 1.165) is 29.6 Å². The second kappa shape index (κ2) is 5.10. The van der Waals surface area contributed by atoms with E-state index in [0.29, 0.717) is 6.61 Å². The molecule has 3 nitrogen and oxygen atoms in total. The maximum Gasteiger partial charge on any atom is 0.144 e. The lowest BCUT2D eigenvalue weighted by atomic mass is 9.85. The van der Waals surface area contributed by atoms with E-state index < -0.39 is 0 Å². The van der Waals surface area contributed by atoms with Gasteiger partial charge in [-0.25, -0.2) is 0 Å². The molecule has 2 rings (SSSR count). The quantitative estimate of drug-likeness (QED) is 0.750. The van der Waals surface area contributed by atoms with Gasteiger partial charge in [0.2, 0.25) is 0 Å². The molecule has 0 aliphatic heterocycles. The van der Waals surface area contributed by atoms with E-state index in [4.69, 9.17) is 10.5 Å². The highest BCUT2D eigenvalue weighted by Gasteiger charge is 2.17. The summed E-state index contributed by atoms with van der Waals surface area (Å²) in [5.41, 5.74) is 7.75. The summed E-state index contributed by atoms with van der Waals surface area (Å²) in [6.07, 6.45) is 4.07. The van der Waals surface area contributed by atoms with Gasteiger partial charge in [-0.1, -0.05) is 12.5 Å². The number of anilines is 2. The summed E-state index contributed by atoms with van der Waals surface area (Å²) in [5.74, 6) is 1.61. The lowest BCUT2D eigenvalue weighted by molar-refractivity contribution is 0.333. The maximum absolute atomic E-state index is 6.03. The highest BCUT2D eigenvalue weighted by molar-refractivity contribution is 5.72. The fourth-order valence-electron chi connectivity index (χ4n) is 1.93. The number of hydrogen-bond acceptors (Lipinski definition) is 3. The highest BCUT2D eigenvalue weighted by Crippen LogP contribution is 2.31. The Morgan fingerprint density at radius 2 is 2.25 bits per heavy atom. The van der Waals surface area contributed by atoms with Gasteiger partial charge in [0.05, 0.1) is 18.0 Å². The fourth-order valence-corrected chi connectivity index (χ4v) is 1.93. The normalized spacial score (nSPS) is 15.6. The van der Waals surface area contributed by atoms with Crippen LogP contribution in [0.5, 0.6) is 5.75 Å². The summed E-state index contributed by atoms with van der Waals surface area (Å²) >= 11 is 0. The molecule has 3 heteroatoms. The number of para-hydroxylation sites is 1. The van der Waals surface area contributed by atoms with E-state index in [-0.39, 0.29) is 0 Å². The van der Waals surface area contributed by atoms with Crippen molar-refractivity contribution in [2.75, 3.05) is 24.2 Å². The van der Waals surface area contributed by atoms with Crippen molar-refractivity contribution in [3.8, 4) is 5.75 Å². The molecule has 0 unspecified atom stereocenters. The Kier molecular flexibility index (Phi) is 3.54. The number of ether oxygens (including phenoxy) is 1. The number of nitrogens with one attached hydrogen (secondary N) is 1. The van der Waals surface area contributed by atoms with Gasteiger partial charge in [0.15, 0.2) is 0 Å². The van der Waals surface area contributed by atoms with Gasteiger partial charge >= 0.3 is 0 Å². The zero-order chi connectivity index (χ0) is 11.4. The Balaban J connectivity index is 1.98. The Morgan fingerprint density at radius 1 is 1.44 bits per heavy atom. The Labute approximate surface area is 97.0 Å². The van der Waals surface area contributed by atoms with Crippen molar-refractivity contribution in [1.82, 2.24) is 0 Å². The third kappa shape index (κ3) is 2.40. The smallest absolute Gasteiger partial charge is 0.144 e. The van der Waals surface area contributed by atoms with Gasteiger partial charge in [0.1, 0.15) is 5.75 Å². The molecule has 1 fully saturated rings. The van der Waals surface area contributed by atoms with E-state index in [1.165, 1.54) is 19.3 Å². The molecule has 3 N–H and O–H groups in total. The van der Waals surface area contributed by atoms with E-state index in [1.54, 1.807) is 0 Å². The van der Waals surface area contributed by atoms with Gasteiger partial charge in [-0.05, 0) is 37.8 Å². The van der Waals surface area contributed by atoms with E-state index in [2.05, 4.69) is 5.32 Å². The van der Waals surface area contributed by atoms with Crippen LogP contribution in [0.2, 0.25) is 0 Å². The molecule has 0 radical (unpaired) electrons. The molecule has 88 valence electrons. The minimum absolute atomic E-state index is 0.649. The van der Waals surface area contributed by atoms with Crippen molar-refractivity contribution in [3.05, 3.63) is 18.2 Å². The van der Waals surface area contributed by atoms with Gasteiger partial charge in [-0.2, -0.15) is 0 Å². The van der Waals surface area contributed by atoms with Gasteiger partial charge in [-0.15, -0.1) is 0 Å². The molecule has 0 atom stereocenters. The first kappa shape index (κ1) is 11.1. The lowest BCUT2D eigenvalue weighted by Gasteiger charge is -2.26. The minimum Gasteiger partial charge on any atom is -0.492 e. The molecular formula is C13H20N2O. The molecule has 0 spiro atoms. The SMILES string of the molecule is CCOc1cccc(NCC2CCC2)c1N. The van der Waals surface area contributed by atoms with Crippen LogP contribution >= 0.6 is 0 Å². The molecule has 1 aliphatic carbocycles. The average Bonchev–Trinajstić information content (AvgIpc) is 2.21. The molecule has 0 amide bonds. The summed E-state index contributed by atoms with van der Waals surface area (Å²) < 4.78 is 5.46. The third-order valence-corrected chi connectivity index (χ3v) is 3.17. The van der Waals surface area contributed by atoms with E-state index in [9.17, 15) is 0 Å². The van der Waals surface area contributed by atoms with Crippen LogP contribution in [0.15, 0.2) is 18.2 Å². The maximum atomic E-state index is 6.03. The molecule has 16 heavy (non-hydrogen) atoms. The van der Waals surface area contributed by atoms with Crippen molar-refractivity contribution in [2.24, 2.45) is 5.92 Å². The number of nitrogen functional groups attached to an aromatic ring is 1. The summed E-state index contributed by atoms with van der Waals surface area (Å²) in [6, 6.07) is 5.90. The standard InChI is InChI=1S/C13H20N2O/c1-2-16-12-8-4-7-11(13(12)14)15-9-10-5-3-6-10/h4,7-8,10,15H,2-3,5-6,9,14H2,1H3. The van der Waals surface area contributed by atoms with Gasteiger partial charge in [-0.3, -0.25) is 0 Å². The van der Waals surface area contributed by atoms with Crippen LogP contribution < -0.4 is 15.8 Å². The molecule has 1 aromatic rings. The van der Waals surface area contributed by atoms with Gasteiger partial charge < -0.3 is 15.8 Å². The molecule has 0 saturated heterocycles. The van der Waals surface area contributed by atoms with Crippen molar-refractivity contribution in [1.29, 1.82) is 0 Å². The summed E-state index contributed by atoms with van der Waals surface area (Å²) in [7, 11) is 0. The third-order valence-electron chi connectivity index (χ3n) is 3.17. The minimum atomic E-state index is 0.649. The van der Waals surface area contributed by atoms with Gasteiger partial charge in [0.25, 0.3) is 0 Å². The van der Waals surface area contributed by atoms with E-state index >= 15 is 0 Å². The topological polar surface area (TPSA) is 47.3 Å². The number of hydrogen-bond donors (Lipinski definition) is 2. The molecule has 0 heterocycles. The zero-order valence-electron chi connectivity index (χ0n) is 9.83. The fraction of sp³-hybridized carbons (Fsp3) is 0.538. The van der Waals surface area contributed by atoms with Crippen LogP contribution in [0.3, 0.4) is 0 Å². The first-order chi connectivity index (χ1) is 7.81. The molecule has 1 aliphatic rings. The molecule has 0 aromatic heterocycles. The number of rotatable bonds is 5. The predicted molar refractivity (Wildman–Crippen MR) is 67.9 cm³/mol. The number of nitrogens with two attached hydrogens (primary N) is 1. The summed E-state index contributed by atoms with van der Waals surface area (Å²) in [5, 5.41) is 3.41. The van der Waals surface area contributed by atoms with Crippen LogP contribution in [0.4, 0.5) is 11.4 Å². The highest BCUT2D eigenvalue weighted by atomic mass is 16.5. The van der Waals surface area contributed by atoms with Crippen molar-refractivity contribution < 1.29 is 4.74 Å². The second-order valence-corrected chi connectivity index (χ2v) is 4.33. The summed E-state index contributed by atoms with van der Waals surface area (Å²) in [6.45, 7) is 3.64. The molecule has 1 aromatic carbocycles.